The smallest absolute Gasteiger partial charge is 0.246 e. The van der Waals surface area contributed by atoms with Gasteiger partial charge in [0.2, 0.25) is 11.8 Å². The Morgan fingerprint density at radius 3 is 2.24 bits per heavy atom. The molecule has 278 valence electrons. The van der Waals surface area contributed by atoms with E-state index in [9.17, 15) is 4.79 Å². The van der Waals surface area contributed by atoms with Crippen LogP contribution in [0, 0.1) is 11.3 Å². The number of rotatable bonds is 15. The summed E-state index contributed by atoms with van der Waals surface area (Å²) in [5.74, 6) is 3.01. The van der Waals surface area contributed by atoms with E-state index < -0.39 is 0 Å². The van der Waals surface area contributed by atoms with Crippen LogP contribution in [0.5, 0.6) is 28.9 Å². The highest BCUT2D eigenvalue weighted by molar-refractivity contribution is 6.32. The molecule has 2 heterocycles. The summed E-state index contributed by atoms with van der Waals surface area (Å²) in [5, 5.41) is 9.35. The van der Waals surface area contributed by atoms with Crippen LogP contribution in [0.1, 0.15) is 34.7 Å². The van der Waals surface area contributed by atoms with Gasteiger partial charge in [0, 0.05) is 57.4 Å². The molecule has 1 aliphatic rings. The van der Waals surface area contributed by atoms with E-state index in [0.29, 0.717) is 60.9 Å². The second-order valence-corrected chi connectivity index (χ2v) is 12.9. The zero-order valence-electron chi connectivity index (χ0n) is 30.0. The van der Waals surface area contributed by atoms with Gasteiger partial charge in [0.25, 0.3) is 0 Å². The number of benzene rings is 4. The fourth-order valence-corrected chi connectivity index (χ4v) is 5.97. The SMILES string of the molecule is CCOc1cccc(OCCc2ccc(CN3CCN(C(=O)C=Cc4ccc(Oc5ccc(OCc6ccc(C#N)cc6)cn5)c(Cl)c4)CC3)cc2)c1.Cl. The van der Waals surface area contributed by atoms with Crippen molar-refractivity contribution in [1.82, 2.24) is 14.8 Å². The monoisotopic (exact) mass is 764 g/mol. The number of nitrogens with zero attached hydrogens (tertiary/aromatic N) is 4. The summed E-state index contributed by atoms with van der Waals surface area (Å²) in [6, 6.07) is 34.6. The van der Waals surface area contributed by atoms with Crippen LogP contribution >= 0.6 is 24.0 Å². The summed E-state index contributed by atoms with van der Waals surface area (Å²) in [6.07, 6.45) is 5.77. The first-order valence-corrected chi connectivity index (χ1v) is 18.0. The van der Waals surface area contributed by atoms with Crippen molar-refractivity contribution in [2.75, 3.05) is 39.4 Å². The molecule has 9 nitrogen and oxygen atoms in total. The minimum Gasteiger partial charge on any atom is -0.494 e. The van der Waals surface area contributed by atoms with Crippen molar-refractivity contribution in [3.8, 4) is 34.9 Å². The Labute approximate surface area is 327 Å². The molecule has 5 aromatic rings. The van der Waals surface area contributed by atoms with Crippen LogP contribution in [0.15, 0.2) is 115 Å². The number of nitriles is 1. The number of hydrogen-bond donors (Lipinski definition) is 0. The van der Waals surface area contributed by atoms with Gasteiger partial charge in [-0.15, -0.1) is 12.4 Å². The lowest BCUT2D eigenvalue weighted by atomic mass is 10.1. The van der Waals surface area contributed by atoms with Gasteiger partial charge in [0.15, 0.2) is 0 Å². The van der Waals surface area contributed by atoms with Gasteiger partial charge in [0.05, 0.1) is 36.1 Å². The lowest BCUT2D eigenvalue weighted by Crippen LogP contribution is -2.47. The van der Waals surface area contributed by atoms with Gasteiger partial charge in [0.1, 0.15) is 29.6 Å². The zero-order valence-corrected chi connectivity index (χ0v) is 31.6. The molecule has 6 rings (SSSR count). The molecule has 54 heavy (non-hydrogen) atoms. The average molecular weight is 766 g/mol. The van der Waals surface area contributed by atoms with E-state index in [1.807, 2.05) is 54.3 Å². The molecule has 1 saturated heterocycles. The molecule has 0 saturated carbocycles. The van der Waals surface area contributed by atoms with Gasteiger partial charge in [-0.2, -0.15) is 5.26 Å². The zero-order chi connectivity index (χ0) is 36.8. The number of pyridine rings is 1. The van der Waals surface area contributed by atoms with Crippen LogP contribution in [-0.4, -0.2) is 60.1 Å². The summed E-state index contributed by atoms with van der Waals surface area (Å²) >= 11 is 6.52. The van der Waals surface area contributed by atoms with Crippen LogP contribution < -0.4 is 18.9 Å². The normalized spacial score (nSPS) is 12.8. The fraction of sp³-hybridized carbons (Fsp3) is 0.233. The van der Waals surface area contributed by atoms with Crippen LogP contribution in [0.25, 0.3) is 6.08 Å². The number of ether oxygens (including phenoxy) is 4. The molecule has 11 heteroatoms. The Morgan fingerprint density at radius 2 is 1.56 bits per heavy atom. The van der Waals surface area contributed by atoms with E-state index in [2.05, 4.69) is 40.2 Å². The van der Waals surface area contributed by atoms with Crippen molar-refractivity contribution in [3.63, 3.8) is 0 Å². The molecule has 0 aliphatic carbocycles. The van der Waals surface area contributed by atoms with Crippen molar-refractivity contribution in [3.05, 3.63) is 148 Å². The van der Waals surface area contributed by atoms with Gasteiger partial charge >= 0.3 is 0 Å². The topological polar surface area (TPSA) is 97.2 Å². The first kappa shape index (κ1) is 39.7. The van der Waals surface area contributed by atoms with E-state index >= 15 is 0 Å². The minimum atomic E-state index is -0.0250. The largest absolute Gasteiger partial charge is 0.494 e. The number of piperazine rings is 1. The average Bonchev–Trinajstić information content (AvgIpc) is 3.19. The van der Waals surface area contributed by atoms with E-state index in [0.717, 1.165) is 48.7 Å². The Bertz CT molecular complexity index is 2030. The molecule has 1 amide bonds. The van der Waals surface area contributed by atoms with Crippen LogP contribution in [0.4, 0.5) is 0 Å². The molecule has 4 aromatic carbocycles. The standard InChI is InChI=1S/C43H41ClN4O5.ClH/c1-2-50-37-4-3-5-38(27-37)51-25-20-32-6-10-35(11-7-32)30-47-21-23-48(24-22-47)43(49)19-15-33-14-17-41(40(44)26-33)53-42-18-16-39(29-46-42)52-31-36-12-8-34(28-45)9-13-36;/h3-19,26-27,29H,2,20-25,30-31H2,1H3;1H. The lowest BCUT2D eigenvalue weighted by molar-refractivity contribution is -0.127. The van der Waals surface area contributed by atoms with Gasteiger partial charge in [-0.25, -0.2) is 4.98 Å². The van der Waals surface area contributed by atoms with Crippen molar-refractivity contribution in [2.24, 2.45) is 0 Å². The van der Waals surface area contributed by atoms with E-state index in [4.69, 9.17) is 35.8 Å². The molecule has 0 spiro atoms. The number of halogens is 2. The minimum absolute atomic E-state index is 0. The highest BCUT2D eigenvalue weighted by Crippen LogP contribution is 2.30. The predicted molar refractivity (Wildman–Crippen MR) is 213 cm³/mol. The predicted octanol–water partition coefficient (Wildman–Crippen LogP) is 8.78. The summed E-state index contributed by atoms with van der Waals surface area (Å²) in [5.41, 5.74) is 4.82. The molecule has 0 radical (unpaired) electrons. The molecule has 0 atom stereocenters. The van der Waals surface area contributed by atoms with Crippen molar-refractivity contribution in [2.45, 2.75) is 26.5 Å². The van der Waals surface area contributed by atoms with Gasteiger partial charge < -0.3 is 23.8 Å². The maximum Gasteiger partial charge on any atom is 0.246 e. The molecular formula is C43H42Cl2N4O5. The third-order valence-corrected chi connectivity index (χ3v) is 8.97. The lowest BCUT2D eigenvalue weighted by Gasteiger charge is -2.34. The quantitative estimate of drug-likeness (QED) is 0.0977. The van der Waals surface area contributed by atoms with E-state index in [1.54, 1.807) is 54.7 Å². The Morgan fingerprint density at radius 1 is 0.833 bits per heavy atom. The number of carbonyl (C=O) groups is 1. The van der Waals surface area contributed by atoms with Crippen molar-refractivity contribution >= 4 is 36.0 Å². The second kappa shape index (κ2) is 20.1. The van der Waals surface area contributed by atoms with Crippen molar-refractivity contribution < 1.29 is 23.7 Å². The molecule has 0 N–H and O–H groups in total. The Hall–Kier alpha value is -5.53. The first-order chi connectivity index (χ1) is 25.9. The van der Waals surface area contributed by atoms with E-state index in [1.165, 1.54) is 11.1 Å². The second-order valence-electron chi connectivity index (χ2n) is 12.5. The Kier molecular flexibility index (Phi) is 14.7. The third kappa shape index (κ3) is 11.7. The fourth-order valence-electron chi connectivity index (χ4n) is 5.75. The van der Waals surface area contributed by atoms with E-state index in [-0.39, 0.29) is 18.3 Å². The maximum atomic E-state index is 13.0. The van der Waals surface area contributed by atoms with Gasteiger partial charge in [-0.05, 0) is 77.7 Å². The third-order valence-electron chi connectivity index (χ3n) is 8.68. The first-order valence-electron chi connectivity index (χ1n) is 17.6. The highest BCUT2D eigenvalue weighted by Gasteiger charge is 2.20. The maximum absolute atomic E-state index is 13.0. The number of aromatic nitrogens is 1. The van der Waals surface area contributed by atoms with Crippen LogP contribution in [-0.2, 0) is 24.4 Å². The molecule has 0 bridgehead atoms. The molecular weight excluding hydrogens is 723 g/mol. The summed E-state index contributed by atoms with van der Waals surface area (Å²) in [4.78, 5) is 21.6. The van der Waals surface area contributed by atoms with Crippen molar-refractivity contribution in [1.29, 1.82) is 5.26 Å². The molecule has 1 fully saturated rings. The molecule has 1 aromatic heterocycles. The summed E-state index contributed by atoms with van der Waals surface area (Å²) < 4.78 is 23.1. The number of hydrogen-bond acceptors (Lipinski definition) is 8. The van der Waals surface area contributed by atoms with Gasteiger partial charge in [-0.3, -0.25) is 9.69 Å². The van der Waals surface area contributed by atoms with Crippen LogP contribution in [0.3, 0.4) is 0 Å². The number of amides is 1. The molecule has 0 unspecified atom stereocenters. The summed E-state index contributed by atoms with van der Waals surface area (Å²) in [7, 11) is 0. The molecule has 1 aliphatic heterocycles. The summed E-state index contributed by atoms with van der Waals surface area (Å²) in [6.45, 7) is 7.36. The van der Waals surface area contributed by atoms with Crippen LogP contribution in [0.2, 0.25) is 5.02 Å². The Balaban J connectivity index is 0.00000561. The highest BCUT2D eigenvalue weighted by atomic mass is 35.5. The number of carbonyl (C=O) groups excluding carboxylic acids is 1. The van der Waals surface area contributed by atoms with Gasteiger partial charge in [-0.1, -0.05) is 60.1 Å².